The van der Waals surface area contributed by atoms with Gasteiger partial charge < -0.3 is 10.2 Å². The van der Waals surface area contributed by atoms with Gasteiger partial charge in [-0.05, 0) is 38.1 Å². The normalized spacial score (nSPS) is 17.8. The van der Waals surface area contributed by atoms with Crippen LogP contribution in [0.3, 0.4) is 0 Å². The van der Waals surface area contributed by atoms with Gasteiger partial charge in [0.05, 0.1) is 0 Å². The number of nitrogens with one attached hydrogen (secondary N) is 1. The molecule has 0 aromatic carbocycles. The summed E-state index contributed by atoms with van der Waals surface area (Å²) < 4.78 is 0. The van der Waals surface area contributed by atoms with Gasteiger partial charge in [0, 0.05) is 25.0 Å². The summed E-state index contributed by atoms with van der Waals surface area (Å²) in [6.07, 6.45) is 4.96. The van der Waals surface area contributed by atoms with Crippen LogP contribution in [0.5, 0.6) is 0 Å². The number of nitrogens with zero attached hydrogens (tertiary/aromatic N) is 1. The molecule has 1 N–H and O–H groups in total. The van der Waals surface area contributed by atoms with Crippen molar-refractivity contribution in [3.8, 4) is 0 Å². The lowest BCUT2D eigenvalue weighted by Crippen LogP contribution is -2.40. The number of piperidine rings is 1. The van der Waals surface area contributed by atoms with E-state index in [2.05, 4.69) is 19.2 Å². The van der Waals surface area contributed by atoms with E-state index in [9.17, 15) is 4.79 Å². The lowest BCUT2D eigenvalue weighted by molar-refractivity contribution is -0.135. The first-order chi connectivity index (χ1) is 8.50. The minimum absolute atomic E-state index is 0.150. The van der Waals surface area contributed by atoms with Crippen LogP contribution in [0.25, 0.3) is 0 Å². The minimum Gasteiger partial charge on any atom is -0.342 e. The largest absolute Gasteiger partial charge is 0.342 e. The molecular weight excluding hydrogens is 224 g/mol. The van der Waals surface area contributed by atoms with Crippen LogP contribution < -0.4 is 5.32 Å². The molecule has 0 saturated carbocycles. The van der Waals surface area contributed by atoms with E-state index in [1.165, 1.54) is 25.7 Å². The van der Waals surface area contributed by atoms with E-state index in [-0.39, 0.29) is 5.92 Å². The monoisotopic (exact) mass is 254 g/mol. The summed E-state index contributed by atoms with van der Waals surface area (Å²) in [5, 5.41) is 3.46. The molecule has 1 aliphatic rings. The lowest BCUT2D eigenvalue weighted by Gasteiger charge is -2.33. The molecule has 1 rings (SSSR count). The third kappa shape index (κ3) is 5.38. The van der Waals surface area contributed by atoms with Crippen LogP contribution in [-0.2, 0) is 4.79 Å². The molecule has 0 spiro atoms. The Hall–Kier alpha value is -0.570. The summed E-state index contributed by atoms with van der Waals surface area (Å²) in [5.74, 6) is 1.31. The maximum Gasteiger partial charge on any atom is 0.225 e. The van der Waals surface area contributed by atoms with Gasteiger partial charge >= 0.3 is 0 Å². The van der Waals surface area contributed by atoms with Gasteiger partial charge in [0.15, 0.2) is 0 Å². The number of rotatable bonds is 6. The van der Waals surface area contributed by atoms with Crippen molar-refractivity contribution in [2.24, 2.45) is 11.8 Å². The van der Waals surface area contributed by atoms with Crippen molar-refractivity contribution in [3.63, 3.8) is 0 Å². The van der Waals surface area contributed by atoms with E-state index < -0.39 is 0 Å². The predicted octanol–water partition coefficient (Wildman–Crippen LogP) is 2.66. The second-order valence-electron chi connectivity index (χ2n) is 6.17. The summed E-state index contributed by atoms with van der Waals surface area (Å²) in [7, 11) is 0. The van der Waals surface area contributed by atoms with Crippen LogP contribution in [0.15, 0.2) is 0 Å². The van der Waals surface area contributed by atoms with Crippen molar-refractivity contribution >= 4 is 5.91 Å². The zero-order chi connectivity index (χ0) is 13.5. The average molecular weight is 254 g/mol. The Labute approximate surface area is 112 Å². The Bertz CT molecular complexity index is 243. The van der Waals surface area contributed by atoms with Crippen LogP contribution in [0.1, 0.15) is 53.4 Å². The number of carbonyl (C=O) groups is 1. The van der Waals surface area contributed by atoms with Gasteiger partial charge in [0.2, 0.25) is 5.91 Å². The van der Waals surface area contributed by atoms with E-state index in [4.69, 9.17) is 0 Å². The van der Waals surface area contributed by atoms with Crippen molar-refractivity contribution < 1.29 is 4.79 Å². The van der Waals surface area contributed by atoms with Crippen molar-refractivity contribution in [1.29, 1.82) is 0 Å². The Morgan fingerprint density at radius 3 is 2.33 bits per heavy atom. The predicted molar refractivity (Wildman–Crippen MR) is 76.5 cm³/mol. The highest BCUT2D eigenvalue weighted by atomic mass is 16.2. The molecule has 0 bridgehead atoms. The molecule has 3 heteroatoms. The van der Waals surface area contributed by atoms with Gasteiger partial charge in [0.25, 0.3) is 0 Å². The first-order valence-electron chi connectivity index (χ1n) is 7.53. The minimum atomic E-state index is 0.150. The maximum atomic E-state index is 11.9. The zero-order valence-corrected chi connectivity index (χ0v) is 12.5. The fourth-order valence-corrected chi connectivity index (χ4v) is 2.59. The molecule has 0 atom stereocenters. The fourth-order valence-electron chi connectivity index (χ4n) is 2.59. The van der Waals surface area contributed by atoms with Crippen molar-refractivity contribution in [2.45, 2.75) is 59.4 Å². The molecular formula is C15H30N2O. The molecule has 106 valence electrons. The molecule has 0 aromatic heterocycles. The molecule has 1 fully saturated rings. The van der Waals surface area contributed by atoms with Crippen LogP contribution in [-0.4, -0.2) is 36.5 Å². The second kappa shape index (κ2) is 7.78. The molecule has 1 aliphatic heterocycles. The third-order valence-corrected chi connectivity index (χ3v) is 3.76. The average Bonchev–Trinajstić information content (AvgIpc) is 2.34. The van der Waals surface area contributed by atoms with Gasteiger partial charge in [-0.25, -0.2) is 0 Å². The van der Waals surface area contributed by atoms with Crippen LogP contribution in [0, 0.1) is 11.8 Å². The molecule has 1 heterocycles. The molecule has 0 aliphatic carbocycles. The molecule has 18 heavy (non-hydrogen) atoms. The summed E-state index contributed by atoms with van der Waals surface area (Å²) in [5.41, 5.74) is 0. The van der Waals surface area contributed by atoms with Crippen LogP contribution >= 0.6 is 0 Å². The van der Waals surface area contributed by atoms with Gasteiger partial charge in [0.1, 0.15) is 0 Å². The molecule has 0 aromatic rings. The first-order valence-corrected chi connectivity index (χ1v) is 7.53. The number of hydrogen-bond donors (Lipinski definition) is 1. The second-order valence-corrected chi connectivity index (χ2v) is 6.17. The quantitative estimate of drug-likeness (QED) is 0.739. The molecule has 3 nitrogen and oxygen atoms in total. The molecule has 1 saturated heterocycles. The molecule has 1 amide bonds. The maximum absolute atomic E-state index is 11.9. The van der Waals surface area contributed by atoms with Gasteiger partial charge in [-0.1, -0.05) is 27.7 Å². The fraction of sp³-hybridized carbons (Fsp3) is 0.933. The van der Waals surface area contributed by atoms with Gasteiger partial charge in [-0.2, -0.15) is 0 Å². The summed E-state index contributed by atoms with van der Waals surface area (Å²) in [6.45, 7) is 11.4. The lowest BCUT2D eigenvalue weighted by atomic mass is 9.91. The number of amides is 1. The highest BCUT2D eigenvalue weighted by molar-refractivity contribution is 5.78. The van der Waals surface area contributed by atoms with Crippen molar-refractivity contribution in [1.82, 2.24) is 10.2 Å². The van der Waals surface area contributed by atoms with Crippen molar-refractivity contribution in [3.05, 3.63) is 0 Å². The topological polar surface area (TPSA) is 32.3 Å². The van der Waals surface area contributed by atoms with E-state index in [0.29, 0.717) is 11.9 Å². The van der Waals surface area contributed by atoms with Crippen molar-refractivity contribution in [2.75, 3.05) is 19.6 Å². The zero-order valence-electron chi connectivity index (χ0n) is 12.5. The highest BCUT2D eigenvalue weighted by Crippen LogP contribution is 2.22. The smallest absolute Gasteiger partial charge is 0.225 e. The van der Waals surface area contributed by atoms with Crippen LogP contribution in [0.4, 0.5) is 0 Å². The standard InChI is InChI=1S/C15H30N2O/c1-12(2)15(18)17-10-7-14(8-11-17)6-5-9-16-13(3)4/h12-14,16H,5-11H2,1-4H3. The van der Waals surface area contributed by atoms with Gasteiger partial charge in [-0.15, -0.1) is 0 Å². The SMILES string of the molecule is CC(C)NCCCC1CCN(C(=O)C(C)C)CC1. The number of hydrogen-bond acceptors (Lipinski definition) is 2. The van der Waals surface area contributed by atoms with E-state index in [1.54, 1.807) is 0 Å². The Balaban J connectivity index is 2.14. The molecule has 0 unspecified atom stereocenters. The number of carbonyl (C=O) groups excluding carboxylic acids is 1. The van der Waals surface area contributed by atoms with Gasteiger partial charge in [-0.3, -0.25) is 4.79 Å². The first kappa shape index (κ1) is 15.5. The third-order valence-electron chi connectivity index (χ3n) is 3.76. The van der Waals surface area contributed by atoms with Crippen LogP contribution in [0.2, 0.25) is 0 Å². The molecule has 0 radical (unpaired) electrons. The highest BCUT2D eigenvalue weighted by Gasteiger charge is 2.23. The summed E-state index contributed by atoms with van der Waals surface area (Å²) in [6, 6.07) is 0.593. The Morgan fingerprint density at radius 1 is 1.22 bits per heavy atom. The Kier molecular flexibility index (Phi) is 6.69. The summed E-state index contributed by atoms with van der Waals surface area (Å²) in [4.78, 5) is 13.9. The van der Waals surface area contributed by atoms with E-state index >= 15 is 0 Å². The Morgan fingerprint density at radius 2 is 1.83 bits per heavy atom. The van der Waals surface area contributed by atoms with E-state index in [0.717, 1.165) is 25.6 Å². The summed E-state index contributed by atoms with van der Waals surface area (Å²) >= 11 is 0. The number of likely N-dealkylation sites (tertiary alicyclic amines) is 1. The van der Waals surface area contributed by atoms with E-state index in [1.807, 2.05) is 18.7 Å².